The fraction of sp³-hybridized carbons (Fsp3) is 0.143. The van der Waals surface area contributed by atoms with Crippen molar-refractivity contribution in [1.82, 2.24) is 14.5 Å². The molecule has 0 radical (unpaired) electrons. The molecule has 19 heavy (non-hydrogen) atoms. The zero-order chi connectivity index (χ0) is 13.1. The highest BCUT2D eigenvalue weighted by Gasteiger charge is 2.02. The van der Waals surface area contributed by atoms with Gasteiger partial charge in [0.1, 0.15) is 5.82 Å². The molecular weight excluding hydrogens is 240 g/mol. The summed E-state index contributed by atoms with van der Waals surface area (Å²) in [5.74, 6) is 1.77. The molecule has 0 spiro atoms. The third kappa shape index (κ3) is 2.49. The second-order valence-corrected chi connectivity index (χ2v) is 4.25. The maximum Gasteiger partial charge on any atom is 0.181 e. The van der Waals surface area contributed by atoms with Crippen molar-refractivity contribution in [3.63, 3.8) is 0 Å². The summed E-state index contributed by atoms with van der Waals surface area (Å²) in [7, 11) is 1.98. The predicted molar refractivity (Wildman–Crippen MR) is 72.5 cm³/mol. The smallest absolute Gasteiger partial charge is 0.181 e. The molecule has 2 aromatic heterocycles. The zero-order valence-corrected chi connectivity index (χ0v) is 10.6. The molecule has 0 unspecified atom stereocenters. The van der Waals surface area contributed by atoms with Gasteiger partial charge in [-0.15, -0.1) is 0 Å². The summed E-state index contributed by atoms with van der Waals surface area (Å²) >= 11 is 0. The molecule has 1 aromatic carbocycles. The van der Waals surface area contributed by atoms with Gasteiger partial charge in [-0.3, -0.25) is 0 Å². The third-order valence-corrected chi connectivity index (χ3v) is 2.97. The number of nitrogens with one attached hydrogen (secondary N) is 1. The van der Waals surface area contributed by atoms with Crippen LogP contribution in [-0.2, 0) is 13.6 Å². The summed E-state index contributed by atoms with van der Waals surface area (Å²) in [6.07, 6.45) is 6.87. The van der Waals surface area contributed by atoms with Crippen molar-refractivity contribution in [2.75, 3.05) is 5.32 Å². The number of aromatic nitrogens is 3. The van der Waals surface area contributed by atoms with Crippen LogP contribution < -0.4 is 5.32 Å². The molecule has 0 aliphatic rings. The lowest BCUT2D eigenvalue weighted by atomic mass is 10.2. The molecular formula is C14H14N4O. The molecule has 0 aliphatic heterocycles. The Labute approximate surface area is 110 Å². The Hall–Kier alpha value is -2.56. The minimum Gasteiger partial charge on any atom is -0.444 e. The highest BCUT2D eigenvalue weighted by atomic mass is 16.3. The predicted octanol–water partition coefficient (Wildman–Crippen LogP) is 2.69. The molecule has 5 nitrogen and oxygen atoms in total. The number of hydrogen-bond donors (Lipinski definition) is 1. The van der Waals surface area contributed by atoms with E-state index >= 15 is 0 Å². The van der Waals surface area contributed by atoms with Gasteiger partial charge in [-0.2, -0.15) is 0 Å². The molecule has 0 amide bonds. The molecule has 96 valence electrons. The Morgan fingerprint density at radius 3 is 2.74 bits per heavy atom. The van der Waals surface area contributed by atoms with Crippen LogP contribution in [0.1, 0.15) is 5.82 Å². The van der Waals surface area contributed by atoms with Gasteiger partial charge in [-0.25, -0.2) is 9.97 Å². The monoisotopic (exact) mass is 254 g/mol. The van der Waals surface area contributed by atoms with E-state index in [1.165, 1.54) is 6.39 Å². The highest BCUT2D eigenvalue weighted by molar-refractivity contribution is 5.60. The molecule has 2 heterocycles. The number of anilines is 1. The molecule has 0 fully saturated rings. The Bertz CT molecular complexity index is 640. The number of rotatable bonds is 4. The first-order valence-corrected chi connectivity index (χ1v) is 6.02. The summed E-state index contributed by atoms with van der Waals surface area (Å²) in [5.41, 5.74) is 2.06. The van der Waals surface area contributed by atoms with Crippen molar-refractivity contribution in [2.24, 2.45) is 7.05 Å². The van der Waals surface area contributed by atoms with Crippen LogP contribution in [0.4, 0.5) is 5.69 Å². The van der Waals surface area contributed by atoms with Crippen LogP contribution >= 0.6 is 0 Å². The molecule has 3 rings (SSSR count). The van der Waals surface area contributed by atoms with Crippen molar-refractivity contribution >= 4 is 5.69 Å². The lowest BCUT2D eigenvalue weighted by molar-refractivity contribution is 0.572. The van der Waals surface area contributed by atoms with Gasteiger partial charge >= 0.3 is 0 Å². The molecule has 1 N–H and O–H groups in total. The summed E-state index contributed by atoms with van der Waals surface area (Å²) in [6.45, 7) is 0.700. The van der Waals surface area contributed by atoms with Crippen LogP contribution in [0.2, 0.25) is 0 Å². The van der Waals surface area contributed by atoms with Crippen molar-refractivity contribution in [2.45, 2.75) is 6.54 Å². The molecule has 0 saturated heterocycles. The molecule has 0 saturated carbocycles. The maximum absolute atomic E-state index is 5.25. The van der Waals surface area contributed by atoms with Crippen LogP contribution in [0.15, 0.2) is 53.7 Å². The number of benzene rings is 1. The first-order valence-electron chi connectivity index (χ1n) is 6.02. The summed E-state index contributed by atoms with van der Waals surface area (Å²) in [5, 5.41) is 3.33. The molecule has 0 aliphatic carbocycles. The summed E-state index contributed by atoms with van der Waals surface area (Å²) < 4.78 is 7.25. The van der Waals surface area contributed by atoms with Gasteiger partial charge in [0.15, 0.2) is 12.2 Å². The van der Waals surface area contributed by atoms with E-state index in [2.05, 4.69) is 15.3 Å². The van der Waals surface area contributed by atoms with Gasteiger partial charge in [0.05, 0.1) is 12.7 Å². The lowest BCUT2D eigenvalue weighted by Gasteiger charge is -2.06. The zero-order valence-electron chi connectivity index (χ0n) is 10.6. The Balaban J connectivity index is 1.68. The van der Waals surface area contributed by atoms with E-state index in [1.54, 1.807) is 12.4 Å². The van der Waals surface area contributed by atoms with Gasteiger partial charge in [-0.05, 0) is 24.3 Å². The van der Waals surface area contributed by atoms with E-state index in [0.29, 0.717) is 6.54 Å². The number of imidazole rings is 1. The number of oxazole rings is 1. The third-order valence-electron chi connectivity index (χ3n) is 2.97. The van der Waals surface area contributed by atoms with Crippen LogP contribution in [-0.4, -0.2) is 14.5 Å². The second-order valence-electron chi connectivity index (χ2n) is 4.25. The van der Waals surface area contributed by atoms with Gasteiger partial charge in [0.2, 0.25) is 0 Å². The normalized spacial score (nSPS) is 10.6. The minimum atomic E-state index is 0.700. The summed E-state index contributed by atoms with van der Waals surface area (Å²) in [6, 6.07) is 8.03. The van der Waals surface area contributed by atoms with Crippen molar-refractivity contribution in [3.05, 3.63) is 55.1 Å². The maximum atomic E-state index is 5.25. The van der Waals surface area contributed by atoms with Crippen molar-refractivity contribution in [3.8, 4) is 11.3 Å². The van der Waals surface area contributed by atoms with E-state index in [-0.39, 0.29) is 0 Å². The SMILES string of the molecule is Cn1ccnc1CNc1ccc(-c2cnco2)cc1. The minimum absolute atomic E-state index is 0.700. The van der Waals surface area contributed by atoms with Crippen molar-refractivity contribution in [1.29, 1.82) is 0 Å². The van der Waals surface area contributed by atoms with E-state index in [4.69, 9.17) is 4.42 Å². The van der Waals surface area contributed by atoms with Crippen LogP contribution in [0, 0.1) is 0 Å². The van der Waals surface area contributed by atoms with E-state index < -0.39 is 0 Å². The van der Waals surface area contributed by atoms with Crippen molar-refractivity contribution < 1.29 is 4.42 Å². The van der Waals surface area contributed by atoms with Gasteiger partial charge in [0, 0.05) is 30.7 Å². The first kappa shape index (κ1) is 11.5. The fourth-order valence-electron chi connectivity index (χ4n) is 1.86. The van der Waals surface area contributed by atoms with Gasteiger partial charge in [0.25, 0.3) is 0 Å². The molecule has 5 heteroatoms. The average molecular weight is 254 g/mol. The quantitative estimate of drug-likeness (QED) is 0.777. The number of aryl methyl sites for hydroxylation is 1. The number of nitrogens with zero attached hydrogens (tertiary/aromatic N) is 3. The summed E-state index contributed by atoms with van der Waals surface area (Å²) in [4.78, 5) is 8.17. The Morgan fingerprint density at radius 1 is 1.26 bits per heavy atom. The van der Waals surface area contributed by atoms with Gasteiger partial charge in [-0.1, -0.05) is 0 Å². The van der Waals surface area contributed by atoms with E-state index in [1.807, 2.05) is 42.1 Å². The highest BCUT2D eigenvalue weighted by Crippen LogP contribution is 2.20. The Morgan fingerprint density at radius 2 is 2.11 bits per heavy atom. The lowest BCUT2D eigenvalue weighted by Crippen LogP contribution is -2.05. The van der Waals surface area contributed by atoms with Crippen LogP contribution in [0.5, 0.6) is 0 Å². The molecule has 0 atom stereocenters. The van der Waals surface area contributed by atoms with E-state index in [9.17, 15) is 0 Å². The second kappa shape index (κ2) is 4.97. The average Bonchev–Trinajstić information content (AvgIpc) is 3.09. The largest absolute Gasteiger partial charge is 0.444 e. The fourth-order valence-corrected chi connectivity index (χ4v) is 1.86. The van der Waals surface area contributed by atoms with Crippen LogP contribution in [0.3, 0.4) is 0 Å². The Kier molecular flexibility index (Phi) is 3.02. The van der Waals surface area contributed by atoms with Crippen LogP contribution in [0.25, 0.3) is 11.3 Å². The molecule has 3 aromatic rings. The molecule has 0 bridgehead atoms. The standard InChI is InChI=1S/C14H14N4O/c1-18-7-6-16-14(18)9-17-12-4-2-11(3-5-12)13-8-15-10-19-13/h2-8,10,17H,9H2,1H3. The number of hydrogen-bond acceptors (Lipinski definition) is 4. The van der Waals surface area contributed by atoms with Gasteiger partial charge < -0.3 is 14.3 Å². The first-order chi connectivity index (χ1) is 9.33. The topological polar surface area (TPSA) is 55.9 Å². The van der Waals surface area contributed by atoms with E-state index in [0.717, 1.165) is 22.8 Å².